The maximum Gasteiger partial charge on any atom is 0.165 e. The van der Waals surface area contributed by atoms with Gasteiger partial charge in [-0.15, -0.1) is 0 Å². The van der Waals surface area contributed by atoms with Crippen LogP contribution in [0.4, 0.5) is 4.39 Å². The molecule has 1 aliphatic carbocycles. The maximum absolute atomic E-state index is 13.4. The van der Waals surface area contributed by atoms with E-state index in [9.17, 15) is 4.39 Å². The second-order valence-electron chi connectivity index (χ2n) is 5.02. The number of ether oxygens (including phenoxy) is 1. The van der Waals surface area contributed by atoms with Gasteiger partial charge < -0.3 is 10.1 Å². The molecule has 2 rings (SSSR count). The Morgan fingerprint density at radius 1 is 1.44 bits per heavy atom. The van der Waals surface area contributed by atoms with Crippen molar-refractivity contribution in [1.82, 2.24) is 5.32 Å². The number of hydrogen-bond acceptors (Lipinski definition) is 2. The average molecular weight is 251 g/mol. The van der Waals surface area contributed by atoms with Crippen molar-refractivity contribution in [3.63, 3.8) is 0 Å². The van der Waals surface area contributed by atoms with Crippen molar-refractivity contribution < 1.29 is 9.13 Å². The molecule has 2 nitrogen and oxygen atoms in total. The first-order chi connectivity index (χ1) is 8.74. The Morgan fingerprint density at radius 3 is 2.83 bits per heavy atom. The lowest BCUT2D eigenvalue weighted by atomic mass is 10.00. The van der Waals surface area contributed by atoms with Crippen molar-refractivity contribution in [3.8, 4) is 5.75 Å². The summed E-state index contributed by atoms with van der Waals surface area (Å²) in [5.41, 5.74) is 1.12. The molecule has 1 atom stereocenters. The molecule has 0 heterocycles. The van der Waals surface area contributed by atoms with Gasteiger partial charge in [-0.2, -0.15) is 0 Å². The van der Waals surface area contributed by atoms with Gasteiger partial charge in [0.25, 0.3) is 0 Å². The number of methoxy groups -OCH3 is 1. The SMILES string of the molecule is CCNC(CCC1CC1)c1ccc(F)c(OC)c1. The number of nitrogens with one attached hydrogen (secondary N) is 1. The van der Waals surface area contributed by atoms with E-state index < -0.39 is 0 Å². The lowest BCUT2D eigenvalue weighted by Gasteiger charge is -2.19. The van der Waals surface area contributed by atoms with Crippen LogP contribution in [0.3, 0.4) is 0 Å². The van der Waals surface area contributed by atoms with Crippen molar-refractivity contribution in [1.29, 1.82) is 0 Å². The van der Waals surface area contributed by atoms with Crippen molar-refractivity contribution in [2.45, 2.75) is 38.6 Å². The fourth-order valence-electron chi connectivity index (χ4n) is 2.34. The summed E-state index contributed by atoms with van der Waals surface area (Å²) in [4.78, 5) is 0. The molecule has 0 aromatic heterocycles. The zero-order valence-corrected chi connectivity index (χ0v) is 11.2. The minimum absolute atomic E-state index is 0.293. The molecule has 1 saturated carbocycles. The van der Waals surface area contributed by atoms with Crippen LogP contribution in [0.25, 0.3) is 0 Å². The average Bonchev–Trinajstić information content (AvgIpc) is 3.19. The molecule has 0 spiro atoms. The smallest absolute Gasteiger partial charge is 0.165 e. The molecule has 0 aliphatic heterocycles. The fourth-order valence-corrected chi connectivity index (χ4v) is 2.34. The van der Waals surface area contributed by atoms with E-state index in [2.05, 4.69) is 12.2 Å². The first kappa shape index (κ1) is 13.3. The first-order valence-corrected chi connectivity index (χ1v) is 6.81. The van der Waals surface area contributed by atoms with E-state index >= 15 is 0 Å². The normalized spacial score (nSPS) is 16.6. The zero-order chi connectivity index (χ0) is 13.0. The summed E-state index contributed by atoms with van der Waals surface area (Å²) in [5, 5.41) is 3.47. The molecule has 1 aromatic rings. The first-order valence-electron chi connectivity index (χ1n) is 6.81. The quantitative estimate of drug-likeness (QED) is 0.798. The number of rotatable bonds is 7. The van der Waals surface area contributed by atoms with Gasteiger partial charge in [0.1, 0.15) is 0 Å². The van der Waals surface area contributed by atoms with Crippen molar-refractivity contribution >= 4 is 0 Å². The highest BCUT2D eigenvalue weighted by Crippen LogP contribution is 2.36. The van der Waals surface area contributed by atoms with Gasteiger partial charge >= 0.3 is 0 Å². The summed E-state index contributed by atoms with van der Waals surface area (Å²) >= 11 is 0. The van der Waals surface area contributed by atoms with E-state index in [1.54, 1.807) is 0 Å². The van der Waals surface area contributed by atoms with Crippen LogP contribution in [-0.4, -0.2) is 13.7 Å². The Hall–Kier alpha value is -1.09. The molecular weight excluding hydrogens is 229 g/mol. The molecule has 1 aromatic carbocycles. The lowest BCUT2D eigenvalue weighted by molar-refractivity contribution is 0.384. The van der Waals surface area contributed by atoms with Gasteiger partial charge in [0, 0.05) is 6.04 Å². The van der Waals surface area contributed by atoms with Gasteiger partial charge in [-0.05, 0) is 43.0 Å². The topological polar surface area (TPSA) is 21.3 Å². The van der Waals surface area contributed by atoms with Crippen LogP contribution < -0.4 is 10.1 Å². The predicted octanol–water partition coefficient (Wildman–Crippen LogP) is 3.68. The van der Waals surface area contributed by atoms with Crippen LogP contribution in [0.1, 0.15) is 44.2 Å². The Morgan fingerprint density at radius 2 is 2.22 bits per heavy atom. The summed E-state index contributed by atoms with van der Waals surface area (Å²) in [6.07, 6.45) is 5.14. The van der Waals surface area contributed by atoms with E-state index in [-0.39, 0.29) is 5.82 Å². The summed E-state index contributed by atoms with van der Waals surface area (Å²) in [7, 11) is 1.51. The second-order valence-corrected chi connectivity index (χ2v) is 5.02. The van der Waals surface area contributed by atoms with Crippen LogP contribution in [0.15, 0.2) is 18.2 Å². The Balaban J connectivity index is 2.07. The number of benzene rings is 1. The van der Waals surface area contributed by atoms with Crippen molar-refractivity contribution in [3.05, 3.63) is 29.6 Å². The number of hydrogen-bond donors (Lipinski definition) is 1. The minimum Gasteiger partial charge on any atom is -0.494 e. The van der Waals surface area contributed by atoms with Crippen molar-refractivity contribution in [2.75, 3.05) is 13.7 Å². The minimum atomic E-state index is -0.293. The maximum atomic E-state index is 13.4. The van der Waals surface area contributed by atoms with Crippen LogP contribution >= 0.6 is 0 Å². The molecule has 18 heavy (non-hydrogen) atoms. The van der Waals surface area contributed by atoms with Gasteiger partial charge in [-0.3, -0.25) is 0 Å². The lowest BCUT2D eigenvalue weighted by Crippen LogP contribution is -2.21. The molecule has 100 valence electrons. The van der Waals surface area contributed by atoms with Gasteiger partial charge in [-0.1, -0.05) is 25.8 Å². The molecule has 0 amide bonds. The second kappa shape index (κ2) is 6.19. The highest BCUT2D eigenvalue weighted by molar-refractivity contribution is 5.32. The summed E-state index contributed by atoms with van der Waals surface area (Å²) in [6, 6.07) is 5.48. The fraction of sp³-hybridized carbons (Fsp3) is 0.600. The zero-order valence-electron chi connectivity index (χ0n) is 11.2. The van der Waals surface area contributed by atoms with Gasteiger partial charge in [0.15, 0.2) is 11.6 Å². The van der Waals surface area contributed by atoms with E-state index in [0.717, 1.165) is 24.4 Å². The Labute approximate surface area is 109 Å². The third-order valence-corrected chi connectivity index (χ3v) is 3.59. The highest BCUT2D eigenvalue weighted by Gasteiger charge is 2.23. The van der Waals surface area contributed by atoms with E-state index in [0.29, 0.717) is 11.8 Å². The summed E-state index contributed by atoms with van der Waals surface area (Å²) in [5.74, 6) is 0.967. The van der Waals surface area contributed by atoms with Crippen LogP contribution in [0.2, 0.25) is 0 Å². The largest absolute Gasteiger partial charge is 0.494 e. The third-order valence-electron chi connectivity index (χ3n) is 3.59. The Bertz CT molecular complexity index is 390. The molecule has 0 bridgehead atoms. The van der Waals surface area contributed by atoms with E-state index in [1.165, 1.54) is 32.4 Å². The highest BCUT2D eigenvalue weighted by atomic mass is 19.1. The monoisotopic (exact) mass is 251 g/mol. The summed E-state index contributed by atoms with van der Waals surface area (Å²) < 4.78 is 18.4. The van der Waals surface area contributed by atoms with Crippen LogP contribution in [-0.2, 0) is 0 Å². The van der Waals surface area contributed by atoms with Crippen molar-refractivity contribution in [2.24, 2.45) is 5.92 Å². The predicted molar refractivity (Wildman–Crippen MR) is 71.3 cm³/mol. The van der Waals surface area contributed by atoms with Crippen LogP contribution in [0, 0.1) is 11.7 Å². The molecule has 3 heteroatoms. The molecule has 1 N–H and O–H groups in total. The van der Waals surface area contributed by atoms with Gasteiger partial charge in [0.2, 0.25) is 0 Å². The van der Waals surface area contributed by atoms with Gasteiger partial charge in [0.05, 0.1) is 7.11 Å². The molecule has 1 fully saturated rings. The molecule has 1 unspecified atom stereocenters. The number of halogens is 1. The standard InChI is InChI=1S/C15H22FNO/c1-3-17-14(9-6-11-4-5-11)12-7-8-13(16)15(10-12)18-2/h7-8,10-11,14,17H,3-6,9H2,1-2H3. The van der Waals surface area contributed by atoms with Gasteiger partial charge in [-0.25, -0.2) is 4.39 Å². The van der Waals surface area contributed by atoms with E-state index in [4.69, 9.17) is 4.74 Å². The molecule has 0 saturated heterocycles. The third kappa shape index (κ3) is 3.45. The van der Waals surface area contributed by atoms with Crippen LogP contribution in [0.5, 0.6) is 5.75 Å². The Kier molecular flexibility index (Phi) is 4.59. The molecule has 0 radical (unpaired) electrons. The summed E-state index contributed by atoms with van der Waals surface area (Å²) in [6.45, 7) is 3.03. The molecule has 1 aliphatic rings. The molecular formula is C15H22FNO. The van der Waals surface area contributed by atoms with E-state index in [1.807, 2.05) is 12.1 Å².